The molecular formula is C18H15N3O6S2. The lowest BCUT2D eigenvalue weighted by Crippen LogP contribution is -2.11. The summed E-state index contributed by atoms with van der Waals surface area (Å²) in [5.74, 6) is 0.191. The minimum Gasteiger partial charge on any atom is -0.494 e. The number of aromatic nitrogens is 1. The summed E-state index contributed by atoms with van der Waals surface area (Å²) in [6.45, 7) is 2.36. The van der Waals surface area contributed by atoms with Gasteiger partial charge in [0.25, 0.3) is 11.6 Å². The van der Waals surface area contributed by atoms with Gasteiger partial charge in [0, 0.05) is 17.7 Å². The van der Waals surface area contributed by atoms with Crippen LogP contribution in [0.4, 0.5) is 10.8 Å². The molecular weight excluding hydrogens is 418 g/mol. The van der Waals surface area contributed by atoms with Crippen molar-refractivity contribution in [3.8, 4) is 5.75 Å². The molecule has 1 N–H and O–H groups in total. The van der Waals surface area contributed by atoms with E-state index in [1.54, 1.807) is 24.3 Å². The minimum atomic E-state index is -3.91. The number of hydrogen-bond donors (Lipinski definition) is 1. The molecule has 150 valence electrons. The van der Waals surface area contributed by atoms with Crippen LogP contribution >= 0.6 is 11.3 Å². The second kappa shape index (κ2) is 8.37. The maximum Gasteiger partial charge on any atom is 0.269 e. The van der Waals surface area contributed by atoms with Gasteiger partial charge in [0.15, 0.2) is 5.13 Å². The lowest BCUT2D eigenvalue weighted by molar-refractivity contribution is -0.384. The third-order valence-electron chi connectivity index (χ3n) is 3.76. The Morgan fingerprint density at radius 3 is 2.41 bits per heavy atom. The molecule has 3 rings (SSSR count). The summed E-state index contributed by atoms with van der Waals surface area (Å²) >= 11 is 0.790. The van der Waals surface area contributed by atoms with Crippen LogP contribution in [0.1, 0.15) is 17.3 Å². The van der Waals surface area contributed by atoms with Gasteiger partial charge in [-0.15, -0.1) is 0 Å². The van der Waals surface area contributed by atoms with Crippen molar-refractivity contribution < 1.29 is 22.9 Å². The molecule has 0 saturated heterocycles. The Morgan fingerprint density at radius 2 is 1.83 bits per heavy atom. The molecule has 0 radical (unpaired) electrons. The number of benzene rings is 2. The first-order chi connectivity index (χ1) is 13.8. The van der Waals surface area contributed by atoms with Crippen LogP contribution in [0.5, 0.6) is 5.75 Å². The number of anilines is 1. The number of rotatable bonds is 7. The van der Waals surface area contributed by atoms with Gasteiger partial charge in [-0.3, -0.25) is 20.2 Å². The number of hydrogen-bond acceptors (Lipinski definition) is 8. The Kier molecular flexibility index (Phi) is 5.89. The zero-order chi connectivity index (χ0) is 21.0. The van der Waals surface area contributed by atoms with Crippen LogP contribution in [-0.2, 0) is 9.84 Å². The molecule has 0 aliphatic rings. The molecule has 0 saturated carbocycles. The topological polar surface area (TPSA) is 128 Å². The average molecular weight is 433 g/mol. The van der Waals surface area contributed by atoms with Crippen LogP contribution in [0.25, 0.3) is 0 Å². The molecule has 0 atom stereocenters. The van der Waals surface area contributed by atoms with Crippen molar-refractivity contribution in [2.24, 2.45) is 0 Å². The fourth-order valence-electron chi connectivity index (χ4n) is 2.34. The van der Waals surface area contributed by atoms with Crippen molar-refractivity contribution >= 4 is 37.9 Å². The predicted octanol–water partition coefficient (Wildman–Crippen LogP) is 3.54. The van der Waals surface area contributed by atoms with Crippen molar-refractivity contribution in [2.45, 2.75) is 16.0 Å². The van der Waals surface area contributed by atoms with Crippen LogP contribution in [0.2, 0.25) is 0 Å². The van der Waals surface area contributed by atoms with Crippen LogP contribution in [0.15, 0.2) is 63.8 Å². The van der Waals surface area contributed by atoms with E-state index in [0.717, 1.165) is 41.8 Å². The van der Waals surface area contributed by atoms with E-state index < -0.39 is 20.7 Å². The van der Waals surface area contributed by atoms with E-state index in [1.165, 1.54) is 0 Å². The predicted molar refractivity (Wildman–Crippen MR) is 106 cm³/mol. The van der Waals surface area contributed by atoms with E-state index in [4.69, 9.17) is 4.74 Å². The van der Waals surface area contributed by atoms with E-state index in [-0.39, 0.29) is 19.9 Å². The van der Waals surface area contributed by atoms with Gasteiger partial charge in [-0.1, -0.05) is 11.3 Å². The molecule has 3 aromatic rings. The first-order valence-electron chi connectivity index (χ1n) is 8.31. The molecule has 9 nitrogen and oxygen atoms in total. The van der Waals surface area contributed by atoms with Gasteiger partial charge in [-0.2, -0.15) is 0 Å². The Hall–Kier alpha value is -3.31. The summed E-state index contributed by atoms with van der Waals surface area (Å²) in [6.07, 6.45) is 1.13. The van der Waals surface area contributed by atoms with Gasteiger partial charge in [0.1, 0.15) is 9.96 Å². The fraction of sp³-hybridized carbons (Fsp3) is 0.111. The number of nitro benzene ring substituents is 1. The SMILES string of the molecule is CCOc1ccc(C(=O)Nc2ncc(S(=O)(=O)c3ccc([N+](=O)[O-])cc3)s2)cc1. The average Bonchev–Trinajstić information content (AvgIpc) is 3.18. The molecule has 0 fully saturated rings. The number of carbonyl (C=O) groups is 1. The van der Waals surface area contributed by atoms with E-state index in [1.807, 2.05) is 6.92 Å². The maximum atomic E-state index is 12.7. The highest BCUT2D eigenvalue weighted by atomic mass is 32.2. The van der Waals surface area contributed by atoms with Gasteiger partial charge in [0.05, 0.1) is 22.6 Å². The van der Waals surface area contributed by atoms with Crippen molar-refractivity contribution in [1.29, 1.82) is 0 Å². The molecule has 1 aromatic heterocycles. The van der Waals surface area contributed by atoms with Crippen molar-refractivity contribution in [2.75, 3.05) is 11.9 Å². The highest BCUT2D eigenvalue weighted by Gasteiger charge is 2.22. The monoisotopic (exact) mass is 433 g/mol. The molecule has 1 amide bonds. The van der Waals surface area contributed by atoms with Crippen LogP contribution in [0.3, 0.4) is 0 Å². The first kappa shape index (κ1) is 20.4. The van der Waals surface area contributed by atoms with E-state index in [0.29, 0.717) is 17.9 Å². The Bertz CT molecular complexity index is 1140. The molecule has 0 aliphatic carbocycles. The lowest BCUT2D eigenvalue weighted by Gasteiger charge is -2.05. The molecule has 29 heavy (non-hydrogen) atoms. The number of thiazole rings is 1. The van der Waals surface area contributed by atoms with Gasteiger partial charge in [0.2, 0.25) is 9.84 Å². The molecule has 0 unspecified atom stereocenters. The van der Waals surface area contributed by atoms with Crippen molar-refractivity contribution in [3.05, 3.63) is 70.4 Å². The highest BCUT2D eigenvalue weighted by molar-refractivity contribution is 7.93. The van der Waals surface area contributed by atoms with E-state index >= 15 is 0 Å². The summed E-state index contributed by atoms with van der Waals surface area (Å²) in [7, 11) is -3.91. The number of nitrogens with zero attached hydrogens (tertiary/aromatic N) is 2. The number of non-ortho nitro benzene ring substituents is 1. The van der Waals surface area contributed by atoms with Crippen molar-refractivity contribution in [1.82, 2.24) is 4.98 Å². The zero-order valence-corrected chi connectivity index (χ0v) is 16.7. The van der Waals surface area contributed by atoms with Crippen molar-refractivity contribution in [3.63, 3.8) is 0 Å². The van der Waals surface area contributed by atoms with E-state index in [9.17, 15) is 23.3 Å². The zero-order valence-electron chi connectivity index (χ0n) is 15.1. The van der Waals surface area contributed by atoms with Gasteiger partial charge in [-0.05, 0) is 43.3 Å². The molecule has 11 heteroatoms. The molecule has 0 aliphatic heterocycles. The number of nitro groups is 1. The number of nitrogens with one attached hydrogen (secondary N) is 1. The number of sulfone groups is 1. The minimum absolute atomic E-state index is 0.0895. The standard InChI is InChI=1S/C18H15N3O6S2/c1-2-27-14-7-3-12(4-8-14)17(22)20-18-19-11-16(28-18)29(25,26)15-9-5-13(6-10-15)21(23)24/h3-11H,2H2,1H3,(H,19,20,22). The summed E-state index contributed by atoms with van der Waals surface area (Å²) < 4.78 is 30.5. The second-order valence-electron chi connectivity index (χ2n) is 5.65. The smallest absolute Gasteiger partial charge is 0.269 e. The Labute approximate surface area is 170 Å². The molecule has 1 heterocycles. The van der Waals surface area contributed by atoms with Crippen LogP contribution in [-0.4, -0.2) is 30.8 Å². The summed E-state index contributed by atoms with van der Waals surface area (Å²) in [5, 5.41) is 13.4. The van der Waals surface area contributed by atoms with Crippen LogP contribution in [0, 0.1) is 10.1 Å². The number of amides is 1. The lowest BCUT2D eigenvalue weighted by atomic mass is 10.2. The van der Waals surface area contributed by atoms with Gasteiger partial charge < -0.3 is 4.74 Å². The number of ether oxygens (including phenoxy) is 1. The fourth-order valence-corrected chi connectivity index (χ4v) is 4.77. The number of carbonyl (C=O) groups excluding carboxylic acids is 1. The Balaban J connectivity index is 1.75. The molecule has 0 spiro atoms. The molecule has 2 aromatic carbocycles. The summed E-state index contributed by atoms with van der Waals surface area (Å²) in [5.41, 5.74) is 0.153. The quantitative estimate of drug-likeness (QED) is 0.446. The largest absolute Gasteiger partial charge is 0.494 e. The highest BCUT2D eigenvalue weighted by Crippen LogP contribution is 2.29. The normalized spacial score (nSPS) is 11.1. The third-order valence-corrected chi connectivity index (χ3v) is 6.90. The van der Waals surface area contributed by atoms with Gasteiger partial charge >= 0.3 is 0 Å². The Morgan fingerprint density at radius 1 is 1.17 bits per heavy atom. The first-order valence-corrected chi connectivity index (χ1v) is 10.6. The van der Waals surface area contributed by atoms with E-state index in [2.05, 4.69) is 10.3 Å². The molecule has 0 bridgehead atoms. The van der Waals surface area contributed by atoms with Gasteiger partial charge in [-0.25, -0.2) is 13.4 Å². The second-order valence-corrected chi connectivity index (χ2v) is 8.86. The maximum absolute atomic E-state index is 12.7. The van der Waals surface area contributed by atoms with Crippen LogP contribution < -0.4 is 10.1 Å². The summed E-state index contributed by atoms with van der Waals surface area (Å²) in [6, 6.07) is 11.0. The third kappa shape index (κ3) is 4.58. The summed E-state index contributed by atoms with van der Waals surface area (Å²) in [4.78, 5) is 26.2.